The fourth-order valence-corrected chi connectivity index (χ4v) is 3.69. The Labute approximate surface area is 160 Å². The van der Waals surface area contributed by atoms with Crippen molar-refractivity contribution >= 4 is 27.6 Å². The normalized spacial score (nSPS) is 13.7. The molecule has 0 saturated carbocycles. The Morgan fingerprint density at radius 2 is 1.29 bits per heavy atom. The first kappa shape index (κ1) is 17.9. The SMILES string of the molecule is O=C1c2ccccc2C(=O)N1c1cc(S(=O)(=O)O)cc(-c2ccccc2)c1O. The number of phenolic OH excluding ortho intramolecular Hbond substituents is 1. The molecule has 4 rings (SSSR count). The van der Waals surface area contributed by atoms with Crippen molar-refractivity contribution in [3.8, 4) is 16.9 Å². The predicted octanol–water partition coefficient (Wildman–Crippen LogP) is 3.11. The average Bonchev–Trinajstić information content (AvgIpc) is 2.93. The summed E-state index contributed by atoms with van der Waals surface area (Å²) in [6, 6.07) is 16.4. The van der Waals surface area contributed by atoms with Gasteiger partial charge in [-0.1, -0.05) is 42.5 Å². The summed E-state index contributed by atoms with van der Waals surface area (Å²) in [5, 5.41) is 10.8. The molecule has 0 unspecified atom stereocenters. The molecule has 8 heteroatoms. The molecule has 1 aliphatic heterocycles. The summed E-state index contributed by atoms with van der Waals surface area (Å²) in [4.78, 5) is 25.7. The van der Waals surface area contributed by atoms with Crippen LogP contribution in [0.4, 0.5) is 5.69 Å². The Morgan fingerprint density at radius 1 is 0.750 bits per heavy atom. The number of anilines is 1. The van der Waals surface area contributed by atoms with Crippen LogP contribution in [0.1, 0.15) is 20.7 Å². The third-order valence-corrected chi connectivity index (χ3v) is 5.31. The summed E-state index contributed by atoms with van der Waals surface area (Å²) in [5.74, 6) is -1.84. The molecule has 0 spiro atoms. The lowest BCUT2D eigenvalue weighted by molar-refractivity contribution is 0.0925. The third-order valence-electron chi connectivity index (χ3n) is 4.48. The van der Waals surface area contributed by atoms with Gasteiger partial charge >= 0.3 is 0 Å². The molecule has 1 heterocycles. The number of phenols is 1. The van der Waals surface area contributed by atoms with E-state index in [9.17, 15) is 27.7 Å². The minimum Gasteiger partial charge on any atom is -0.505 e. The smallest absolute Gasteiger partial charge is 0.294 e. The second kappa shape index (κ2) is 6.29. The molecule has 140 valence electrons. The monoisotopic (exact) mass is 395 g/mol. The second-order valence-corrected chi connectivity index (χ2v) is 7.59. The Kier molecular flexibility index (Phi) is 4.02. The van der Waals surface area contributed by atoms with Crippen LogP contribution in [-0.4, -0.2) is 29.9 Å². The molecule has 0 saturated heterocycles. The lowest BCUT2D eigenvalue weighted by atomic mass is 10.0. The molecule has 3 aromatic rings. The molecular weight excluding hydrogens is 382 g/mol. The number of benzene rings is 3. The molecule has 28 heavy (non-hydrogen) atoms. The molecule has 1 aliphatic rings. The summed E-state index contributed by atoms with van der Waals surface area (Å²) in [5.41, 5.74) is 0.474. The largest absolute Gasteiger partial charge is 0.505 e. The maximum absolute atomic E-state index is 12.8. The fraction of sp³-hybridized carbons (Fsp3) is 0. The van der Waals surface area contributed by atoms with Crippen molar-refractivity contribution < 1.29 is 27.7 Å². The van der Waals surface area contributed by atoms with Crippen LogP contribution in [0.15, 0.2) is 71.6 Å². The Bertz CT molecular complexity index is 1200. The minimum atomic E-state index is -4.66. The van der Waals surface area contributed by atoms with Crippen LogP contribution in [0.3, 0.4) is 0 Å². The number of hydrogen-bond donors (Lipinski definition) is 2. The molecule has 0 atom stereocenters. The highest BCUT2D eigenvalue weighted by Gasteiger charge is 2.38. The number of carbonyl (C=O) groups is 2. The summed E-state index contributed by atoms with van der Waals surface area (Å²) in [6.45, 7) is 0. The van der Waals surface area contributed by atoms with Crippen molar-refractivity contribution in [2.24, 2.45) is 0 Å². The molecule has 2 amide bonds. The van der Waals surface area contributed by atoms with Crippen LogP contribution in [0.5, 0.6) is 5.75 Å². The van der Waals surface area contributed by atoms with E-state index < -0.39 is 32.6 Å². The average molecular weight is 395 g/mol. The molecule has 0 bridgehead atoms. The summed E-state index contributed by atoms with van der Waals surface area (Å²) < 4.78 is 33.0. The highest BCUT2D eigenvalue weighted by atomic mass is 32.2. The van der Waals surface area contributed by atoms with Gasteiger partial charge in [0.15, 0.2) is 0 Å². The maximum atomic E-state index is 12.8. The Hall–Kier alpha value is -3.49. The van der Waals surface area contributed by atoms with Crippen LogP contribution >= 0.6 is 0 Å². The minimum absolute atomic E-state index is 0.0577. The van der Waals surface area contributed by atoms with Gasteiger partial charge < -0.3 is 5.11 Å². The highest BCUT2D eigenvalue weighted by molar-refractivity contribution is 7.85. The lowest BCUT2D eigenvalue weighted by Gasteiger charge is -2.19. The zero-order chi connectivity index (χ0) is 20.1. The van der Waals surface area contributed by atoms with Crippen LogP contribution in [0.2, 0.25) is 0 Å². The first-order chi connectivity index (χ1) is 13.3. The number of imide groups is 1. The molecule has 3 aromatic carbocycles. The number of rotatable bonds is 3. The van der Waals surface area contributed by atoms with Gasteiger partial charge in [0.1, 0.15) is 5.75 Å². The van der Waals surface area contributed by atoms with Crippen molar-refractivity contribution in [1.29, 1.82) is 0 Å². The van der Waals surface area contributed by atoms with Gasteiger partial charge in [-0.3, -0.25) is 14.1 Å². The van der Waals surface area contributed by atoms with Gasteiger partial charge in [0.2, 0.25) is 0 Å². The Morgan fingerprint density at radius 3 is 1.82 bits per heavy atom. The summed E-state index contributed by atoms with van der Waals surface area (Å²) >= 11 is 0. The van der Waals surface area contributed by atoms with Crippen molar-refractivity contribution in [3.63, 3.8) is 0 Å². The van der Waals surface area contributed by atoms with E-state index in [-0.39, 0.29) is 22.4 Å². The molecule has 2 N–H and O–H groups in total. The van der Waals surface area contributed by atoms with Gasteiger partial charge in [0.25, 0.3) is 21.9 Å². The van der Waals surface area contributed by atoms with E-state index in [0.29, 0.717) is 10.5 Å². The van der Waals surface area contributed by atoms with Crippen LogP contribution in [-0.2, 0) is 10.1 Å². The van der Waals surface area contributed by atoms with Gasteiger partial charge in [0, 0.05) is 5.56 Å². The maximum Gasteiger partial charge on any atom is 0.294 e. The number of nitrogens with zero attached hydrogens (tertiary/aromatic N) is 1. The van der Waals surface area contributed by atoms with E-state index in [1.165, 1.54) is 12.1 Å². The van der Waals surface area contributed by atoms with Crippen molar-refractivity contribution in [3.05, 3.63) is 77.9 Å². The van der Waals surface area contributed by atoms with E-state index >= 15 is 0 Å². The highest BCUT2D eigenvalue weighted by Crippen LogP contribution is 2.42. The van der Waals surface area contributed by atoms with Gasteiger partial charge in [0.05, 0.1) is 21.7 Å². The van der Waals surface area contributed by atoms with Gasteiger partial charge in [-0.25, -0.2) is 4.90 Å². The third kappa shape index (κ3) is 2.75. The predicted molar refractivity (Wildman–Crippen MR) is 101 cm³/mol. The zero-order valence-corrected chi connectivity index (χ0v) is 15.1. The molecule has 0 radical (unpaired) electrons. The fourth-order valence-electron chi connectivity index (χ4n) is 3.16. The zero-order valence-electron chi connectivity index (χ0n) is 14.2. The van der Waals surface area contributed by atoms with Gasteiger partial charge in [-0.05, 0) is 29.8 Å². The first-order valence-corrected chi connectivity index (χ1v) is 9.61. The van der Waals surface area contributed by atoms with Crippen LogP contribution in [0, 0.1) is 0 Å². The summed E-state index contributed by atoms with van der Waals surface area (Å²) in [7, 11) is -4.66. The van der Waals surface area contributed by atoms with E-state index in [0.717, 1.165) is 12.1 Å². The first-order valence-electron chi connectivity index (χ1n) is 8.17. The molecule has 0 fully saturated rings. The van der Waals surface area contributed by atoms with Crippen LogP contribution < -0.4 is 4.90 Å². The van der Waals surface area contributed by atoms with Crippen molar-refractivity contribution in [1.82, 2.24) is 0 Å². The number of hydrogen-bond acceptors (Lipinski definition) is 5. The molecular formula is C20H13NO6S. The number of fused-ring (bicyclic) bond motifs is 1. The lowest BCUT2D eigenvalue weighted by Crippen LogP contribution is -2.29. The van der Waals surface area contributed by atoms with Crippen LogP contribution in [0.25, 0.3) is 11.1 Å². The second-order valence-electron chi connectivity index (χ2n) is 6.17. The molecule has 0 aromatic heterocycles. The number of amides is 2. The van der Waals surface area contributed by atoms with E-state index in [1.807, 2.05) is 0 Å². The van der Waals surface area contributed by atoms with Crippen molar-refractivity contribution in [2.45, 2.75) is 4.90 Å². The Balaban J connectivity index is 1.98. The standard InChI is InChI=1S/C20H13NO6S/c22-18-16(12-6-2-1-3-7-12)10-13(28(25,26)27)11-17(18)21-19(23)14-8-4-5-9-15(14)20(21)24/h1-11,22H,(H,25,26,27). The summed E-state index contributed by atoms with van der Waals surface area (Å²) in [6.07, 6.45) is 0. The van der Waals surface area contributed by atoms with E-state index in [1.54, 1.807) is 42.5 Å². The van der Waals surface area contributed by atoms with Gasteiger partial charge in [-0.2, -0.15) is 8.42 Å². The van der Waals surface area contributed by atoms with E-state index in [4.69, 9.17) is 0 Å². The van der Waals surface area contributed by atoms with Gasteiger partial charge in [-0.15, -0.1) is 0 Å². The van der Waals surface area contributed by atoms with E-state index in [2.05, 4.69) is 0 Å². The molecule has 0 aliphatic carbocycles. The molecule has 7 nitrogen and oxygen atoms in total. The van der Waals surface area contributed by atoms with Crippen molar-refractivity contribution in [2.75, 3.05) is 4.90 Å². The topological polar surface area (TPSA) is 112 Å². The number of aromatic hydroxyl groups is 1. The quantitative estimate of drug-likeness (QED) is 0.521. The number of carbonyl (C=O) groups excluding carboxylic acids is 2.